The number of nitrogens with one attached hydrogen (secondary N) is 1. The molecule has 0 radical (unpaired) electrons. The first-order valence-electron chi connectivity index (χ1n) is 7.53. The van der Waals surface area contributed by atoms with Crippen LogP contribution in [0.15, 0.2) is 18.2 Å². The van der Waals surface area contributed by atoms with Crippen LogP contribution in [0.2, 0.25) is 5.02 Å². The molecule has 1 aromatic rings. The quantitative estimate of drug-likeness (QED) is 0.661. The lowest BCUT2D eigenvalue weighted by Crippen LogP contribution is -2.19. The molecule has 0 heterocycles. The SMILES string of the molecule is CCC1CCCC(Nc2cc(C(F)(F)F)ccc2Cl)CC1. The summed E-state index contributed by atoms with van der Waals surface area (Å²) in [6.45, 7) is 2.20. The number of benzene rings is 1. The van der Waals surface area contributed by atoms with Crippen LogP contribution in [-0.4, -0.2) is 6.04 Å². The van der Waals surface area contributed by atoms with E-state index in [0.717, 1.165) is 43.7 Å². The van der Waals surface area contributed by atoms with Gasteiger partial charge in [-0.25, -0.2) is 0 Å². The molecule has 1 aliphatic carbocycles. The molecule has 2 atom stereocenters. The van der Waals surface area contributed by atoms with E-state index in [1.807, 2.05) is 0 Å². The van der Waals surface area contributed by atoms with Crippen molar-refractivity contribution in [1.29, 1.82) is 0 Å². The zero-order valence-electron chi connectivity index (χ0n) is 12.1. The Kier molecular flexibility index (Phi) is 5.42. The Labute approximate surface area is 128 Å². The van der Waals surface area contributed by atoms with Crippen LogP contribution in [0.4, 0.5) is 18.9 Å². The van der Waals surface area contributed by atoms with Gasteiger partial charge in [-0.2, -0.15) is 13.2 Å². The molecule has 1 aromatic carbocycles. The standard InChI is InChI=1S/C16H21ClF3N/c1-2-11-4-3-5-13(8-6-11)21-15-10-12(16(18,19)20)7-9-14(15)17/h7,9-11,13,21H,2-6,8H2,1H3. The van der Waals surface area contributed by atoms with Crippen molar-refractivity contribution in [1.82, 2.24) is 0 Å². The summed E-state index contributed by atoms with van der Waals surface area (Å²) in [7, 11) is 0. The Morgan fingerprint density at radius 3 is 2.62 bits per heavy atom. The molecule has 5 heteroatoms. The van der Waals surface area contributed by atoms with Crippen LogP contribution < -0.4 is 5.32 Å². The van der Waals surface area contributed by atoms with Gasteiger partial charge in [0, 0.05) is 6.04 Å². The first-order chi connectivity index (χ1) is 9.90. The maximum Gasteiger partial charge on any atom is 0.416 e. The molecule has 0 bridgehead atoms. The Bertz CT molecular complexity index is 473. The van der Waals surface area contributed by atoms with Crippen LogP contribution in [0.25, 0.3) is 0 Å². The van der Waals surface area contributed by atoms with Gasteiger partial charge < -0.3 is 5.32 Å². The Morgan fingerprint density at radius 2 is 1.95 bits per heavy atom. The van der Waals surface area contributed by atoms with Crippen LogP contribution in [0, 0.1) is 5.92 Å². The molecule has 1 fully saturated rings. The van der Waals surface area contributed by atoms with Crippen molar-refractivity contribution in [3.05, 3.63) is 28.8 Å². The first-order valence-corrected chi connectivity index (χ1v) is 7.91. The van der Waals surface area contributed by atoms with Gasteiger partial charge >= 0.3 is 6.18 Å². The summed E-state index contributed by atoms with van der Waals surface area (Å²) >= 11 is 6.03. The summed E-state index contributed by atoms with van der Waals surface area (Å²) < 4.78 is 38.3. The zero-order chi connectivity index (χ0) is 15.5. The van der Waals surface area contributed by atoms with E-state index in [9.17, 15) is 13.2 Å². The molecule has 2 unspecified atom stereocenters. The molecule has 1 aliphatic rings. The van der Waals surface area contributed by atoms with Gasteiger partial charge in [-0.15, -0.1) is 0 Å². The molecule has 0 saturated heterocycles. The maximum absolute atomic E-state index is 12.8. The lowest BCUT2D eigenvalue weighted by atomic mass is 9.98. The number of rotatable bonds is 3. The van der Waals surface area contributed by atoms with E-state index in [2.05, 4.69) is 12.2 Å². The average Bonchev–Trinajstić information content (AvgIpc) is 2.65. The summed E-state index contributed by atoms with van der Waals surface area (Å²) in [5.41, 5.74) is -0.263. The fraction of sp³-hybridized carbons (Fsp3) is 0.625. The fourth-order valence-electron chi connectivity index (χ4n) is 2.96. The minimum Gasteiger partial charge on any atom is -0.381 e. The number of halogens is 4. The van der Waals surface area contributed by atoms with Crippen LogP contribution in [-0.2, 0) is 6.18 Å². The predicted molar refractivity (Wildman–Crippen MR) is 80.7 cm³/mol. The molecule has 1 nitrogen and oxygen atoms in total. The van der Waals surface area contributed by atoms with Crippen molar-refractivity contribution in [3.8, 4) is 0 Å². The summed E-state index contributed by atoms with van der Waals surface area (Å²) in [4.78, 5) is 0. The smallest absolute Gasteiger partial charge is 0.381 e. The van der Waals surface area contributed by atoms with Crippen LogP contribution in [0.3, 0.4) is 0 Å². The highest BCUT2D eigenvalue weighted by Crippen LogP contribution is 2.35. The second-order valence-corrected chi connectivity index (χ2v) is 6.22. The third-order valence-electron chi connectivity index (χ3n) is 4.32. The van der Waals surface area contributed by atoms with Crippen LogP contribution >= 0.6 is 11.6 Å². The molecule has 1 saturated carbocycles. The number of anilines is 1. The van der Waals surface area contributed by atoms with E-state index in [1.165, 1.54) is 18.9 Å². The zero-order valence-corrected chi connectivity index (χ0v) is 12.9. The maximum atomic E-state index is 12.8. The number of alkyl halides is 3. The van der Waals surface area contributed by atoms with Gasteiger partial charge in [-0.3, -0.25) is 0 Å². The van der Waals surface area contributed by atoms with Crippen molar-refractivity contribution >= 4 is 17.3 Å². The van der Waals surface area contributed by atoms with Crippen molar-refractivity contribution in [2.75, 3.05) is 5.32 Å². The van der Waals surface area contributed by atoms with Crippen molar-refractivity contribution < 1.29 is 13.2 Å². The van der Waals surface area contributed by atoms with E-state index < -0.39 is 11.7 Å². The molecule has 0 aliphatic heterocycles. The van der Waals surface area contributed by atoms with E-state index in [1.54, 1.807) is 0 Å². The highest BCUT2D eigenvalue weighted by molar-refractivity contribution is 6.33. The topological polar surface area (TPSA) is 12.0 Å². The molecule has 0 amide bonds. The fourth-order valence-corrected chi connectivity index (χ4v) is 3.14. The van der Waals surface area contributed by atoms with Crippen LogP contribution in [0.5, 0.6) is 0 Å². The predicted octanol–water partition coefficient (Wildman–Crippen LogP) is 6.13. The van der Waals surface area contributed by atoms with Gasteiger partial charge in [0.25, 0.3) is 0 Å². The van der Waals surface area contributed by atoms with Crippen molar-refractivity contribution in [2.24, 2.45) is 5.92 Å². The molecule has 0 spiro atoms. The highest BCUT2D eigenvalue weighted by atomic mass is 35.5. The van der Waals surface area contributed by atoms with Crippen molar-refractivity contribution in [3.63, 3.8) is 0 Å². The second-order valence-electron chi connectivity index (χ2n) is 5.82. The molecular formula is C16H21ClF3N. The van der Waals surface area contributed by atoms with E-state index >= 15 is 0 Å². The molecular weight excluding hydrogens is 299 g/mol. The normalized spacial score (nSPS) is 23.7. The Balaban J connectivity index is 2.08. The molecule has 21 heavy (non-hydrogen) atoms. The van der Waals surface area contributed by atoms with Gasteiger partial charge in [0.2, 0.25) is 0 Å². The summed E-state index contributed by atoms with van der Waals surface area (Å²) in [5.74, 6) is 0.744. The number of hydrogen-bond donors (Lipinski definition) is 1. The molecule has 1 N–H and O–H groups in total. The lowest BCUT2D eigenvalue weighted by Gasteiger charge is -2.20. The van der Waals surface area contributed by atoms with Crippen LogP contribution in [0.1, 0.15) is 51.0 Å². The van der Waals surface area contributed by atoms with Gasteiger partial charge in [0.15, 0.2) is 0 Å². The minimum atomic E-state index is -4.34. The third-order valence-corrected chi connectivity index (χ3v) is 4.65. The highest BCUT2D eigenvalue weighted by Gasteiger charge is 2.31. The van der Waals surface area contributed by atoms with E-state index in [0.29, 0.717) is 10.7 Å². The first kappa shape index (κ1) is 16.5. The molecule has 2 rings (SSSR count). The van der Waals surface area contributed by atoms with E-state index in [4.69, 9.17) is 11.6 Å². The Hall–Kier alpha value is -0.900. The summed E-state index contributed by atoms with van der Waals surface area (Å²) in [6.07, 6.45) is 2.28. The summed E-state index contributed by atoms with van der Waals surface area (Å²) in [6, 6.07) is 3.67. The molecule has 0 aromatic heterocycles. The third kappa shape index (κ3) is 4.53. The largest absolute Gasteiger partial charge is 0.416 e. The average molecular weight is 320 g/mol. The summed E-state index contributed by atoms with van der Waals surface area (Å²) in [5, 5.41) is 3.56. The van der Waals surface area contributed by atoms with Gasteiger partial charge in [-0.1, -0.05) is 37.8 Å². The van der Waals surface area contributed by atoms with Crippen molar-refractivity contribution in [2.45, 2.75) is 57.7 Å². The van der Waals surface area contributed by atoms with Gasteiger partial charge in [0.05, 0.1) is 16.3 Å². The number of hydrogen-bond acceptors (Lipinski definition) is 1. The molecule has 118 valence electrons. The van der Waals surface area contributed by atoms with E-state index in [-0.39, 0.29) is 6.04 Å². The van der Waals surface area contributed by atoms with Gasteiger partial charge in [-0.05, 0) is 43.4 Å². The minimum absolute atomic E-state index is 0.211. The lowest BCUT2D eigenvalue weighted by molar-refractivity contribution is -0.137. The second kappa shape index (κ2) is 6.91. The van der Waals surface area contributed by atoms with Gasteiger partial charge in [0.1, 0.15) is 0 Å². The monoisotopic (exact) mass is 319 g/mol. The Morgan fingerprint density at radius 1 is 1.19 bits per heavy atom.